The molecule has 0 saturated heterocycles. The Morgan fingerprint density at radius 1 is 1.20 bits per heavy atom. The van der Waals surface area contributed by atoms with Crippen LogP contribution < -0.4 is 0 Å². The Balaban J connectivity index is 2.23. The molecule has 0 fully saturated rings. The summed E-state index contributed by atoms with van der Waals surface area (Å²) in [5, 5.41) is 8.84. The molecule has 0 saturated carbocycles. The van der Waals surface area contributed by atoms with E-state index >= 15 is 0 Å². The van der Waals surface area contributed by atoms with Gasteiger partial charge in [0.15, 0.2) is 0 Å². The number of hydrogen-bond acceptors (Lipinski definition) is 4. The molecule has 1 aromatic heterocycles. The molecular formula is C13H13NO4S2. The number of carboxylic acid groups (broad SMARTS) is 1. The van der Waals surface area contributed by atoms with Crippen molar-refractivity contribution < 1.29 is 18.3 Å². The van der Waals surface area contributed by atoms with Crippen LogP contribution in [0.4, 0.5) is 0 Å². The van der Waals surface area contributed by atoms with Gasteiger partial charge in [0.25, 0.3) is 10.0 Å². The number of nitrogens with zero attached hydrogens (tertiary/aromatic N) is 1. The van der Waals surface area contributed by atoms with Gasteiger partial charge in [-0.05, 0) is 17.7 Å². The highest BCUT2D eigenvalue weighted by Crippen LogP contribution is 2.25. The van der Waals surface area contributed by atoms with Crippen molar-refractivity contribution >= 4 is 27.3 Å². The molecule has 0 unspecified atom stereocenters. The largest absolute Gasteiger partial charge is 0.477 e. The van der Waals surface area contributed by atoms with Crippen LogP contribution in [0.5, 0.6) is 0 Å². The lowest BCUT2D eigenvalue weighted by molar-refractivity contribution is 0.0702. The number of carboxylic acids is 1. The summed E-state index contributed by atoms with van der Waals surface area (Å²) in [6.45, 7) is 0.240. The van der Waals surface area contributed by atoms with Crippen molar-refractivity contribution in [2.75, 3.05) is 7.05 Å². The van der Waals surface area contributed by atoms with E-state index in [9.17, 15) is 13.2 Å². The average Bonchev–Trinajstić information content (AvgIpc) is 2.90. The van der Waals surface area contributed by atoms with Crippen molar-refractivity contribution in [3.8, 4) is 0 Å². The number of thiophene rings is 1. The zero-order valence-electron chi connectivity index (χ0n) is 10.7. The van der Waals surface area contributed by atoms with Crippen LogP contribution in [0.3, 0.4) is 0 Å². The van der Waals surface area contributed by atoms with Gasteiger partial charge < -0.3 is 5.11 Å². The van der Waals surface area contributed by atoms with Gasteiger partial charge in [-0.2, -0.15) is 4.31 Å². The molecule has 1 heterocycles. The number of rotatable bonds is 5. The molecule has 0 radical (unpaired) electrons. The summed E-state index contributed by atoms with van der Waals surface area (Å²) < 4.78 is 25.9. The molecule has 0 aliphatic heterocycles. The van der Waals surface area contributed by atoms with Gasteiger partial charge in [0.05, 0.1) is 0 Å². The van der Waals surface area contributed by atoms with E-state index in [1.807, 2.05) is 30.3 Å². The Bertz CT molecular complexity index is 707. The monoisotopic (exact) mass is 311 g/mol. The molecule has 1 N–H and O–H groups in total. The highest BCUT2D eigenvalue weighted by molar-refractivity contribution is 7.91. The minimum Gasteiger partial charge on any atom is -0.477 e. The van der Waals surface area contributed by atoms with Crippen molar-refractivity contribution in [1.82, 2.24) is 4.31 Å². The quantitative estimate of drug-likeness (QED) is 0.919. The highest BCUT2D eigenvalue weighted by atomic mass is 32.2. The third-order valence-electron chi connectivity index (χ3n) is 2.70. The topological polar surface area (TPSA) is 74.7 Å². The molecule has 2 aromatic rings. The van der Waals surface area contributed by atoms with Gasteiger partial charge in [-0.15, -0.1) is 11.3 Å². The summed E-state index contributed by atoms with van der Waals surface area (Å²) in [6.07, 6.45) is 0. The molecular weight excluding hydrogens is 298 g/mol. The first-order valence-corrected chi connectivity index (χ1v) is 8.00. The summed E-state index contributed by atoms with van der Waals surface area (Å²) in [7, 11) is -2.19. The third-order valence-corrected chi connectivity index (χ3v) is 6.05. The first-order chi connectivity index (χ1) is 9.41. The van der Waals surface area contributed by atoms with Crippen molar-refractivity contribution in [2.45, 2.75) is 10.8 Å². The smallest absolute Gasteiger partial charge is 0.345 e. The number of carbonyl (C=O) groups is 1. The molecule has 0 atom stereocenters. The molecule has 7 heteroatoms. The maximum Gasteiger partial charge on any atom is 0.345 e. The van der Waals surface area contributed by atoms with Crippen LogP contribution >= 0.6 is 11.3 Å². The van der Waals surface area contributed by atoms with Crippen molar-refractivity contribution in [3.63, 3.8) is 0 Å². The molecule has 5 nitrogen and oxygen atoms in total. The van der Waals surface area contributed by atoms with Crippen molar-refractivity contribution in [1.29, 1.82) is 0 Å². The molecule has 0 spiro atoms. The maximum absolute atomic E-state index is 12.3. The Labute approximate surface area is 121 Å². The van der Waals surface area contributed by atoms with E-state index in [2.05, 4.69) is 0 Å². The maximum atomic E-state index is 12.3. The molecule has 2 rings (SSSR count). The van der Waals surface area contributed by atoms with Crippen molar-refractivity contribution in [3.05, 3.63) is 52.9 Å². The number of sulfonamides is 1. The van der Waals surface area contributed by atoms with Crippen molar-refractivity contribution in [2.24, 2.45) is 0 Å². The number of hydrogen-bond donors (Lipinski definition) is 1. The van der Waals surface area contributed by atoms with Crippen LogP contribution in [0.15, 0.2) is 46.7 Å². The third kappa shape index (κ3) is 3.06. The lowest BCUT2D eigenvalue weighted by Gasteiger charge is -2.15. The van der Waals surface area contributed by atoms with Gasteiger partial charge in [-0.25, -0.2) is 13.2 Å². The highest BCUT2D eigenvalue weighted by Gasteiger charge is 2.24. The Hall–Kier alpha value is -1.70. The minimum absolute atomic E-state index is 0.0108. The van der Waals surface area contributed by atoms with Gasteiger partial charge >= 0.3 is 5.97 Å². The van der Waals surface area contributed by atoms with E-state index in [4.69, 9.17) is 5.11 Å². The van der Waals surface area contributed by atoms with E-state index in [-0.39, 0.29) is 15.6 Å². The molecule has 0 amide bonds. The van der Waals surface area contributed by atoms with Crippen LogP contribution in [0.1, 0.15) is 15.2 Å². The Kier molecular flexibility index (Phi) is 4.22. The zero-order chi connectivity index (χ0) is 14.8. The molecule has 1 aromatic carbocycles. The fourth-order valence-corrected chi connectivity index (χ4v) is 4.17. The second-order valence-corrected chi connectivity index (χ2v) is 7.53. The standard InChI is InChI=1S/C13H13NO4S2/c1-14(9-10-5-3-2-4-6-10)20(17,18)12-8-7-11(19-12)13(15)16/h2-8H,9H2,1H3,(H,15,16). The predicted octanol–water partition coefficient (Wildman–Crippen LogP) is 2.27. The lowest BCUT2D eigenvalue weighted by Crippen LogP contribution is -2.25. The summed E-state index contributed by atoms with van der Waals surface area (Å²) >= 11 is 0.758. The second kappa shape index (κ2) is 5.74. The van der Waals surface area contributed by atoms with E-state index in [0.29, 0.717) is 0 Å². The van der Waals surface area contributed by atoms with Gasteiger partial charge in [-0.1, -0.05) is 30.3 Å². The van der Waals surface area contributed by atoms with Crippen LogP contribution in [-0.2, 0) is 16.6 Å². The van der Waals surface area contributed by atoms with Gasteiger partial charge in [0, 0.05) is 13.6 Å². The van der Waals surface area contributed by atoms with Gasteiger partial charge in [-0.3, -0.25) is 0 Å². The van der Waals surface area contributed by atoms with Gasteiger partial charge in [0.2, 0.25) is 0 Å². The Morgan fingerprint density at radius 3 is 2.40 bits per heavy atom. The van der Waals surface area contributed by atoms with E-state index in [1.54, 1.807) is 0 Å². The van der Waals surface area contributed by atoms with Crippen LogP contribution in [0, 0.1) is 0 Å². The SMILES string of the molecule is CN(Cc1ccccc1)S(=O)(=O)c1ccc(C(=O)O)s1. The first-order valence-electron chi connectivity index (χ1n) is 5.74. The summed E-state index contributed by atoms with van der Waals surface area (Å²) in [6, 6.07) is 11.8. The van der Waals surface area contributed by atoms with Gasteiger partial charge in [0.1, 0.15) is 9.09 Å². The van der Waals surface area contributed by atoms with Crippen LogP contribution in [-0.4, -0.2) is 30.8 Å². The summed E-state index contributed by atoms with van der Waals surface area (Å²) in [4.78, 5) is 10.8. The summed E-state index contributed by atoms with van der Waals surface area (Å²) in [5.41, 5.74) is 0.869. The number of aromatic carboxylic acids is 1. The molecule has 0 aliphatic carbocycles. The van der Waals surface area contributed by atoms with E-state index < -0.39 is 16.0 Å². The lowest BCUT2D eigenvalue weighted by atomic mass is 10.2. The van der Waals surface area contributed by atoms with E-state index in [1.165, 1.54) is 23.5 Å². The zero-order valence-corrected chi connectivity index (χ0v) is 12.3. The molecule has 20 heavy (non-hydrogen) atoms. The fourth-order valence-electron chi connectivity index (χ4n) is 1.65. The molecule has 0 bridgehead atoms. The van der Waals surface area contributed by atoms with Crippen LogP contribution in [0.2, 0.25) is 0 Å². The summed E-state index contributed by atoms with van der Waals surface area (Å²) in [5.74, 6) is -1.12. The fraction of sp³-hybridized carbons (Fsp3) is 0.154. The van der Waals surface area contributed by atoms with E-state index in [0.717, 1.165) is 16.9 Å². The Morgan fingerprint density at radius 2 is 1.85 bits per heavy atom. The normalized spacial score (nSPS) is 11.7. The van der Waals surface area contributed by atoms with Crippen LogP contribution in [0.25, 0.3) is 0 Å². The second-order valence-electron chi connectivity index (χ2n) is 4.17. The first kappa shape index (κ1) is 14.7. The predicted molar refractivity (Wildman–Crippen MR) is 76.4 cm³/mol. The average molecular weight is 311 g/mol. The number of benzene rings is 1. The minimum atomic E-state index is -3.66. The molecule has 0 aliphatic rings. The molecule has 106 valence electrons.